The van der Waals surface area contributed by atoms with Crippen LogP contribution < -0.4 is 5.32 Å². The van der Waals surface area contributed by atoms with Crippen molar-refractivity contribution in [3.05, 3.63) is 107 Å². The number of esters is 1. The van der Waals surface area contributed by atoms with Gasteiger partial charge in [-0.25, -0.2) is 9.59 Å². The molecule has 3 aromatic carbocycles. The van der Waals surface area contributed by atoms with Crippen LogP contribution in [0.3, 0.4) is 0 Å². The number of benzene rings is 3. The maximum atomic E-state index is 13.1. The number of hydrogen-bond acceptors (Lipinski definition) is 5. The van der Waals surface area contributed by atoms with Gasteiger partial charge in [0.2, 0.25) is 0 Å². The number of carbonyl (C=O) groups is 2. The molecule has 0 heterocycles. The van der Waals surface area contributed by atoms with Gasteiger partial charge in [0.1, 0.15) is 5.60 Å². The number of nitrogens with one attached hydrogen (secondary N) is 1. The van der Waals surface area contributed by atoms with E-state index in [1.807, 2.05) is 91.9 Å². The number of carbonyl (C=O) groups excluding carboxylic acids is 2. The topological polar surface area (TPSA) is 77.0 Å². The van der Waals surface area contributed by atoms with Crippen molar-refractivity contribution in [2.75, 3.05) is 7.11 Å². The summed E-state index contributed by atoms with van der Waals surface area (Å²) in [6, 6.07) is 24.9. The van der Waals surface area contributed by atoms with Crippen molar-refractivity contribution >= 4 is 17.8 Å². The van der Waals surface area contributed by atoms with Gasteiger partial charge in [-0.3, -0.25) is 4.99 Å². The van der Waals surface area contributed by atoms with E-state index in [4.69, 9.17) is 14.5 Å². The highest BCUT2D eigenvalue weighted by Gasteiger charge is 2.34. The first-order valence-electron chi connectivity index (χ1n) is 11.5. The molecule has 0 aliphatic heterocycles. The summed E-state index contributed by atoms with van der Waals surface area (Å²) in [4.78, 5) is 30.9. The molecule has 1 N–H and O–H groups in total. The second kappa shape index (κ2) is 11.5. The SMILES string of the molecule is COC(=O)[C@H](N=C(c1ccccc1)c1ccccc1)[C@@H](NC(=O)OC(C)(C)C)c1ccc(C)cc1. The molecule has 3 rings (SSSR count). The molecule has 3 aromatic rings. The number of ether oxygens (including phenoxy) is 2. The summed E-state index contributed by atoms with van der Waals surface area (Å²) in [6.07, 6.45) is -0.645. The van der Waals surface area contributed by atoms with E-state index in [2.05, 4.69) is 5.32 Å². The maximum Gasteiger partial charge on any atom is 0.408 e. The van der Waals surface area contributed by atoms with E-state index in [0.29, 0.717) is 11.3 Å². The van der Waals surface area contributed by atoms with E-state index < -0.39 is 29.7 Å². The van der Waals surface area contributed by atoms with Crippen LogP contribution in [0.5, 0.6) is 0 Å². The first-order valence-corrected chi connectivity index (χ1v) is 11.5. The number of alkyl carbamates (subject to hydrolysis) is 1. The second-order valence-electron chi connectivity index (χ2n) is 9.21. The number of nitrogens with zero attached hydrogens (tertiary/aromatic N) is 1. The Balaban J connectivity index is 2.15. The van der Waals surface area contributed by atoms with Crippen molar-refractivity contribution in [1.29, 1.82) is 0 Å². The molecule has 0 saturated heterocycles. The van der Waals surface area contributed by atoms with E-state index in [1.54, 1.807) is 20.8 Å². The summed E-state index contributed by atoms with van der Waals surface area (Å²) in [5, 5.41) is 2.86. The molecule has 1 amide bonds. The molecule has 35 heavy (non-hydrogen) atoms. The number of hydrogen-bond donors (Lipinski definition) is 1. The summed E-state index contributed by atoms with van der Waals surface area (Å²) >= 11 is 0. The van der Waals surface area contributed by atoms with Crippen LogP contribution in [0.15, 0.2) is 89.9 Å². The summed E-state index contributed by atoms with van der Waals surface area (Å²) in [5.41, 5.74) is 3.36. The molecule has 0 fully saturated rings. The van der Waals surface area contributed by atoms with Gasteiger partial charge in [0.25, 0.3) is 0 Å². The van der Waals surface area contributed by atoms with Gasteiger partial charge in [0.15, 0.2) is 6.04 Å². The van der Waals surface area contributed by atoms with E-state index in [-0.39, 0.29) is 0 Å². The molecule has 0 bridgehead atoms. The van der Waals surface area contributed by atoms with Crippen molar-refractivity contribution in [1.82, 2.24) is 5.32 Å². The van der Waals surface area contributed by atoms with Crippen molar-refractivity contribution in [2.24, 2.45) is 4.99 Å². The predicted molar refractivity (Wildman–Crippen MR) is 138 cm³/mol. The van der Waals surface area contributed by atoms with Gasteiger partial charge in [0, 0.05) is 11.1 Å². The smallest absolute Gasteiger partial charge is 0.408 e. The van der Waals surface area contributed by atoms with E-state index in [1.165, 1.54) is 7.11 Å². The summed E-state index contributed by atoms with van der Waals surface area (Å²) in [6.45, 7) is 7.32. The van der Waals surface area contributed by atoms with Crippen molar-refractivity contribution in [3.63, 3.8) is 0 Å². The van der Waals surface area contributed by atoms with Gasteiger partial charge >= 0.3 is 12.1 Å². The van der Waals surface area contributed by atoms with Crippen molar-refractivity contribution in [2.45, 2.75) is 45.4 Å². The molecular formula is C29H32N2O4. The number of aryl methyl sites for hydroxylation is 1. The average molecular weight is 473 g/mol. The normalized spacial score (nSPS) is 12.7. The standard InChI is InChI=1S/C29H32N2O4/c1-20-16-18-23(19-17-20)25(31-28(33)35-29(2,3)4)26(27(32)34-5)30-24(21-12-8-6-9-13-21)22-14-10-7-11-15-22/h6-19,25-26H,1-5H3,(H,31,33)/t25-,26+/m0/s1. The minimum atomic E-state index is -1.06. The molecular weight excluding hydrogens is 440 g/mol. The lowest BCUT2D eigenvalue weighted by Crippen LogP contribution is -2.42. The van der Waals surface area contributed by atoms with Gasteiger partial charge in [-0.05, 0) is 33.3 Å². The fourth-order valence-electron chi connectivity index (χ4n) is 3.58. The van der Waals surface area contributed by atoms with Crippen LogP contribution in [0, 0.1) is 6.92 Å². The summed E-state index contributed by atoms with van der Waals surface area (Å²) in [7, 11) is 1.31. The van der Waals surface area contributed by atoms with Gasteiger partial charge < -0.3 is 14.8 Å². The lowest BCUT2D eigenvalue weighted by molar-refractivity contribution is -0.142. The molecule has 0 aliphatic carbocycles. The molecule has 0 spiro atoms. The molecule has 0 unspecified atom stereocenters. The number of amides is 1. The third-order valence-corrected chi connectivity index (χ3v) is 5.23. The minimum absolute atomic E-state index is 0.573. The van der Waals surface area contributed by atoms with Gasteiger partial charge in [-0.1, -0.05) is 90.5 Å². The Labute approximate surface area is 207 Å². The molecule has 2 atom stereocenters. The largest absolute Gasteiger partial charge is 0.467 e. The molecule has 182 valence electrons. The first kappa shape index (κ1) is 25.7. The Kier molecular flexibility index (Phi) is 8.42. The lowest BCUT2D eigenvalue weighted by Gasteiger charge is -2.27. The van der Waals surface area contributed by atoms with Crippen LogP contribution in [0.4, 0.5) is 4.79 Å². The Bertz CT molecular complexity index is 1110. The van der Waals surface area contributed by atoms with Crippen LogP contribution in [-0.4, -0.2) is 36.5 Å². The quantitative estimate of drug-likeness (QED) is 0.357. The van der Waals surface area contributed by atoms with Crippen molar-refractivity contribution < 1.29 is 19.1 Å². The van der Waals surface area contributed by atoms with E-state index in [0.717, 1.165) is 16.7 Å². The zero-order valence-electron chi connectivity index (χ0n) is 20.8. The van der Waals surface area contributed by atoms with Crippen LogP contribution in [0.2, 0.25) is 0 Å². The van der Waals surface area contributed by atoms with Crippen LogP contribution in [0.25, 0.3) is 0 Å². The molecule has 0 radical (unpaired) electrons. The lowest BCUT2D eigenvalue weighted by atomic mass is 9.96. The molecule has 0 saturated carbocycles. The zero-order valence-corrected chi connectivity index (χ0v) is 20.8. The zero-order chi connectivity index (χ0) is 25.4. The predicted octanol–water partition coefficient (Wildman–Crippen LogP) is 5.64. The fourth-order valence-corrected chi connectivity index (χ4v) is 3.58. The second-order valence-corrected chi connectivity index (χ2v) is 9.21. The Morgan fingerprint density at radius 1 is 0.829 bits per heavy atom. The number of aliphatic imine (C=N–C) groups is 1. The number of methoxy groups -OCH3 is 1. The molecule has 6 heteroatoms. The Morgan fingerprint density at radius 2 is 1.34 bits per heavy atom. The summed E-state index contributed by atoms with van der Waals surface area (Å²) < 4.78 is 10.7. The minimum Gasteiger partial charge on any atom is -0.467 e. The van der Waals surface area contributed by atoms with Gasteiger partial charge in [-0.2, -0.15) is 0 Å². The average Bonchev–Trinajstić information content (AvgIpc) is 2.84. The van der Waals surface area contributed by atoms with Crippen molar-refractivity contribution in [3.8, 4) is 0 Å². The van der Waals surface area contributed by atoms with Crippen LogP contribution in [-0.2, 0) is 14.3 Å². The van der Waals surface area contributed by atoms with Gasteiger partial charge in [0.05, 0.1) is 18.9 Å². The highest BCUT2D eigenvalue weighted by molar-refractivity contribution is 6.13. The molecule has 0 aliphatic rings. The Morgan fingerprint density at radius 3 is 1.80 bits per heavy atom. The maximum absolute atomic E-state index is 13.1. The van der Waals surface area contributed by atoms with Gasteiger partial charge in [-0.15, -0.1) is 0 Å². The monoisotopic (exact) mass is 472 g/mol. The third kappa shape index (κ3) is 7.27. The van der Waals surface area contributed by atoms with Crippen LogP contribution >= 0.6 is 0 Å². The highest BCUT2D eigenvalue weighted by atomic mass is 16.6. The van der Waals surface area contributed by atoms with E-state index >= 15 is 0 Å². The molecule has 6 nitrogen and oxygen atoms in total. The highest BCUT2D eigenvalue weighted by Crippen LogP contribution is 2.24. The van der Waals surface area contributed by atoms with E-state index in [9.17, 15) is 9.59 Å². The Hall–Kier alpha value is -3.93. The number of rotatable bonds is 7. The first-order chi connectivity index (χ1) is 16.7. The fraction of sp³-hybridized carbons (Fsp3) is 0.276. The van der Waals surface area contributed by atoms with Crippen LogP contribution in [0.1, 0.15) is 49.1 Å². The third-order valence-electron chi connectivity index (χ3n) is 5.23. The summed E-state index contributed by atoms with van der Waals surface area (Å²) in [5.74, 6) is -0.573. The molecule has 0 aromatic heterocycles.